The first-order valence-electron chi connectivity index (χ1n) is 6.11. The Balaban J connectivity index is 2.04. The number of nitrogens with one attached hydrogen (secondary N) is 1. The third kappa shape index (κ3) is 4.50. The third-order valence-electron chi connectivity index (χ3n) is 2.39. The molecular weight excluding hydrogens is 262 g/mol. The van der Waals surface area contributed by atoms with Gasteiger partial charge in [0.2, 0.25) is 5.88 Å². The number of hydrogen-bond donors (Lipinski definition) is 1. The summed E-state index contributed by atoms with van der Waals surface area (Å²) in [4.78, 5) is 8.50. The van der Waals surface area contributed by atoms with Crippen LogP contribution in [0.2, 0.25) is 5.02 Å². The number of halogens is 1. The van der Waals surface area contributed by atoms with Crippen LogP contribution in [0.25, 0.3) is 0 Å². The normalized spacial score (nSPS) is 10.7. The Morgan fingerprint density at radius 3 is 2.63 bits per heavy atom. The topological polar surface area (TPSA) is 47.0 Å². The van der Waals surface area contributed by atoms with E-state index in [0.717, 1.165) is 5.69 Å². The van der Waals surface area contributed by atoms with E-state index in [1.54, 1.807) is 36.7 Å². The molecule has 0 bridgehead atoms. The Bertz CT molecular complexity index is 528. The van der Waals surface area contributed by atoms with E-state index in [9.17, 15) is 0 Å². The van der Waals surface area contributed by atoms with Crippen molar-refractivity contribution in [3.8, 4) is 11.6 Å². The van der Waals surface area contributed by atoms with Crippen LogP contribution < -0.4 is 10.1 Å². The van der Waals surface area contributed by atoms with Gasteiger partial charge in [-0.1, -0.05) is 25.4 Å². The van der Waals surface area contributed by atoms with E-state index in [1.165, 1.54) is 0 Å². The highest BCUT2D eigenvalue weighted by molar-refractivity contribution is 6.30. The molecule has 19 heavy (non-hydrogen) atoms. The Labute approximate surface area is 117 Å². The Morgan fingerprint density at radius 2 is 1.95 bits per heavy atom. The number of ether oxygens (including phenoxy) is 1. The number of nitrogens with zero attached hydrogens (tertiary/aromatic N) is 2. The molecule has 0 fully saturated rings. The molecule has 4 nitrogen and oxygen atoms in total. The van der Waals surface area contributed by atoms with Gasteiger partial charge in [-0.2, -0.15) is 0 Å². The lowest BCUT2D eigenvalue weighted by atomic mass is 10.3. The third-order valence-corrected chi connectivity index (χ3v) is 2.64. The lowest BCUT2D eigenvalue weighted by Crippen LogP contribution is -2.22. The van der Waals surface area contributed by atoms with Crippen molar-refractivity contribution < 1.29 is 4.74 Å². The molecule has 2 aromatic rings. The lowest BCUT2D eigenvalue weighted by Gasteiger charge is -2.09. The average Bonchev–Trinajstić information content (AvgIpc) is 2.40. The summed E-state index contributed by atoms with van der Waals surface area (Å²) in [6.07, 6.45) is 3.32. The summed E-state index contributed by atoms with van der Waals surface area (Å²) in [5.74, 6) is 1.16. The van der Waals surface area contributed by atoms with Crippen LogP contribution in [0.4, 0.5) is 0 Å². The summed E-state index contributed by atoms with van der Waals surface area (Å²) in [6.45, 7) is 4.84. The minimum atomic E-state index is 0.405. The molecule has 0 saturated heterocycles. The minimum absolute atomic E-state index is 0.405. The molecule has 1 aromatic carbocycles. The van der Waals surface area contributed by atoms with Crippen molar-refractivity contribution in [2.45, 2.75) is 26.4 Å². The Morgan fingerprint density at radius 1 is 1.21 bits per heavy atom. The van der Waals surface area contributed by atoms with Crippen molar-refractivity contribution in [2.24, 2.45) is 0 Å². The first kappa shape index (κ1) is 13.8. The first-order valence-corrected chi connectivity index (χ1v) is 6.49. The van der Waals surface area contributed by atoms with Gasteiger partial charge in [-0.15, -0.1) is 0 Å². The summed E-state index contributed by atoms with van der Waals surface area (Å²) in [5, 5.41) is 3.96. The van der Waals surface area contributed by atoms with Crippen LogP contribution in [0.5, 0.6) is 11.6 Å². The largest absolute Gasteiger partial charge is 0.437 e. The van der Waals surface area contributed by atoms with Gasteiger partial charge in [0, 0.05) is 23.8 Å². The molecule has 100 valence electrons. The fraction of sp³-hybridized carbons (Fsp3) is 0.286. The highest BCUT2D eigenvalue weighted by atomic mass is 35.5. The van der Waals surface area contributed by atoms with Gasteiger partial charge in [-0.25, -0.2) is 4.98 Å². The van der Waals surface area contributed by atoms with Crippen molar-refractivity contribution in [1.82, 2.24) is 15.3 Å². The van der Waals surface area contributed by atoms with Crippen molar-refractivity contribution in [3.05, 3.63) is 47.4 Å². The van der Waals surface area contributed by atoms with E-state index >= 15 is 0 Å². The summed E-state index contributed by atoms with van der Waals surface area (Å²) in [6, 6.07) is 7.54. The second-order valence-electron chi connectivity index (χ2n) is 4.44. The van der Waals surface area contributed by atoms with E-state index in [-0.39, 0.29) is 0 Å². The van der Waals surface area contributed by atoms with E-state index in [4.69, 9.17) is 16.3 Å². The zero-order valence-corrected chi connectivity index (χ0v) is 11.7. The predicted octanol–water partition coefficient (Wildman–Crippen LogP) is 3.42. The van der Waals surface area contributed by atoms with Crippen molar-refractivity contribution >= 4 is 11.6 Å². The van der Waals surface area contributed by atoms with Crippen LogP contribution in [0.3, 0.4) is 0 Å². The van der Waals surface area contributed by atoms with Gasteiger partial charge in [0.05, 0.1) is 11.9 Å². The van der Waals surface area contributed by atoms with Gasteiger partial charge >= 0.3 is 0 Å². The number of benzene rings is 1. The number of aromatic nitrogens is 2. The van der Waals surface area contributed by atoms with Gasteiger partial charge in [0.25, 0.3) is 0 Å². The smallest absolute Gasteiger partial charge is 0.238 e. The molecule has 0 amide bonds. The second kappa shape index (κ2) is 6.50. The molecule has 0 aliphatic carbocycles. The predicted molar refractivity (Wildman–Crippen MR) is 75.5 cm³/mol. The average molecular weight is 278 g/mol. The van der Waals surface area contributed by atoms with Crippen molar-refractivity contribution in [2.75, 3.05) is 0 Å². The van der Waals surface area contributed by atoms with Crippen LogP contribution in [0, 0.1) is 0 Å². The van der Waals surface area contributed by atoms with E-state index in [0.29, 0.717) is 29.2 Å². The fourth-order valence-electron chi connectivity index (χ4n) is 1.45. The summed E-state index contributed by atoms with van der Waals surface area (Å²) >= 11 is 5.82. The molecule has 0 radical (unpaired) electrons. The maximum absolute atomic E-state index is 5.82. The minimum Gasteiger partial charge on any atom is -0.437 e. The van der Waals surface area contributed by atoms with Crippen LogP contribution >= 0.6 is 11.6 Å². The van der Waals surface area contributed by atoms with Gasteiger partial charge in [0.1, 0.15) is 5.75 Å². The van der Waals surface area contributed by atoms with Gasteiger partial charge < -0.3 is 10.1 Å². The number of hydrogen-bond acceptors (Lipinski definition) is 4. The molecule has 1 aromatic heterocycles. The van der Waals surface area contributed by atoms with Gasteiger partial charge in [-0.3, -0.25) is 4.98 Å². The Hall–Kier alpha value is -1.65. The zero-order valence-electron chi connectivity index (χ0n) is 10.9. The highest BCUT2D eigenvalue weighted by Gasteiger charge is 2.02. The molecule has 1 N–H and O–H groups in total. The fourth-order valence-corrected chi connectivity index (χ4v) is 1.58. The summed E-state index contributed by atoms with van der Waals surface area (Å²) < 4.78 is 5.62. The van der Waals surface area contributed by atoms with Gasteiger partial charge in [-0.05, 0) is 24.3 Å². The summed E-state index contributed by atoms with van der Waals surface area (Å²) in [5.41, 5.74) is 0.847. The molecule has 0 aliphatic heterocycles. The zero-order chi connectivity index (χ0) is 13.7. The molecule has 0 spiro atoms. The first-order chi connectivity index (χ1) is 9.13. The molecule has 0 saturated carbocycles. The quantitative estimate of drug-likeness (QED) is 0.910. The van der Waals surface area contributed by atoms with Crippen molar-refractivity contribution in [1.29, 1.82) is 0 Å². The lowest BCUT2D eigenvalue weighted by molar-refractivity contribution is 0.455. The maximum atomic E-state index is 5.82. The second-order valence-corrected chi connectivity index (χ2v) is 4.88. The van der Waals surface area contributed by atoms with Crippen LogP contribution in [-0.4, -0.2) is 16.0 Å². The van der Waals surface area contributed by atoms with E-state index in [2.05, 4.69) is 29.1 Å². The molecule has 0 atom stereocenters. The SMILES string of the molecule is CC(C)NCc1cncc(Oc2ccc(Cl)cc2)n1. The number of rotatable bonds is 5. The van der Waals surface area contributed by atoms with Crippen LogP contribution in [0.1, 0.15) is 19.5 Å². The molecular formula is C14H16ClN3O. The van der Waals surface area contributed by atoms with E-state index < -0.39 is 0 Å². The summed E-state index contributed by atoms with van der Waals surface area (Å²) in [7, 11) is 0. The maximum Gasteiger partial charge on any atom is 0.238 e. The van der Waals surface area contributed by atoms with E-state index in [1.807, 2.05) is 0 Å². The van der Waals surface area contributed by atoms with Gasteiger partial charge in [0.15, 0.2) is 0 Å². The molecule has 5 heteroatoms. The Kier molecular flexibility index (Phi) is 4.71. The highest BCUT2D eigenvalue weighted by Crippen LogP contribution is 2.20. The van der Waals surface area contributed by atoms with Crippen LogP contribution in [0.15, 0.2) is 36.7 Å². The van der Waals surface area contributed by atoms with Crippen molar-refractivity contribution in [3.63, 3.8) is 0 Å². The van der Waals surface area contributed by atoms with Crippen LogP contribution in [-0.2, 0) is 6.54 Å². The standard InChI is InChI=1S/C14H16ClN3O/c1-10(2)17-8-12-7-16-9-14(18-12)19-13-5-3-11(15)4-6-13/h3-7,9-10,17H,8H2,1-2H3. The molecule has 1 heterocycles. The molecule has 2 rings (SSSR count). The molecule has 0 aliphatic rings. The monoisotopic (exact) mass is 277 g/mol. The molecule has 0 unspecified atom stereocenters.